The van der Waals surface area contributed by atoms with Crippen LogP contribution in [0.5, 0.6) is 0 Å². The minimum Gasteiger partial charge on any atom is -0.308 e. The molecule has 3 heteroatoms. The van der Waals surface area contributed by atoms with E-state index in [9.17, 15) is 0 Å². The first-order chi connectivity index (χ1) is 9.24. The van der Waals surface area contributed by atoms with Gasteiger partial charge in [-0.3, -0.25) is 0 Å². The summed E-state index contributed by atoms with van der Waals surface area (Å²) in [7, 11) is 2.24. The largest absolute Gasteiger partial charge is 0.308 e. The number of hydrogen-bond acceptors (Lipinski definition) is 2. The lowest BCUT2D eigenvalue weighted by atomic mass is 10.0. The fourth-order valence-electron chi connectivity index (χ4n) is 2.75. The van der Waals surface area contributed by atoms with Crippen LogP contribution in [-0.4, -0.2) is 31.1 Å². The summed E-state index contributed by atoms with van der Waals surface area (Å²) >= 11 is 5.97. The van der Waals surface area contributed by atoms with E-state index in [0.29, 0.717) is 6.04 Å². The number of nitrogens with zero attached hydrogens (tertiary/aromatic N) is 1. The van der Waals surface area contributed by atoms with Crippen LogP contribution in [0.3, 0.4) is 0 Å². The average molecular weight is 279 g/mol. The zero-order valence-corrected chi connectivity index (χ0v) is 12.4. The van der Waals surface area contributed by atoms with Crippen molar-refractivity contribution in [2.75, 3.05) is 20.1 Å². The van der Waals surface area contributed by atoms with Crippen LogP contribution < -0.4 is 5.32 Å². The van der Waals surface area contributed by atoms with Crippen molar-refractivity contribution in [2.24, 2.45) is 5.92 Å². The van der Waals surface area contributed by atoms with E-state index in [2.05, 4.69) is 29.4 Å². The van der Waals surface area contributed by atoms with Gasteiger partial charge in [-0.15, -0.1) is 0 Å². The molecule has 0 saturated heterocycles. The molecule has 0 aromatic heterocycles. The van der Waals surface area contributed by atoms with E-state index in [4.69, 9.17) is 11.6 Å². The molecule has 2 fully saturated rings. The number of hydrogen-bond donors (Lipinski definition) is 1. The number of likely N-dealkylation sites (N-methyl/N-ethyl adjacent to an activating group) is 1. The van der Waals surface area contributed by atoms with Crippen LogP contribution in [0.1, 0.15) is 37.3 Å². The van der Waals surface area contributed by atoms with Crippen molar-refractivity contribution in [1.29, 1.82) is 0 Å². The van der Waals surface area contributed by atoms with Crippen LogP contribution in [-0.2, 0) is 0 Å². The lowest BCUT2D eigenvalue weighted by Gasteiger charge is -2.22. The number of halogens is 1. The van der Waals surface area contributed by atoms with Gasteiger partial charge in [0.05, 0.1) is 0 Å². The molecule has 0 spiro atoms. The summed E-state index contributed by atoms with van der Waals surface area (Å²) in [6, 6.07) is 9.72. The first-order valence-corrected chi connectivity index (χ1v) is 7.81. The van der Waals surface area contributed by atoms with Gasteiger partial charge in [-0.1, -0.05) is 23.7 Å². The van der Waals surface area contributed by atoms with Gasteiger partial charge in [0.15, 0.2) is 0 Å². The number of nitrogens with one attached hydrogen (secondary N) is 1. The molecule has 1 aromatic carbocycles. The Balaban J connectivity index is 1.53. The van der Waals surface area contributed by atoms with Gasteiger partial charge in [0, 0.05) is 30.2 Å². The van der Waals surface area contributed by atoms with Crippen molar-refractivity contribution in [1.82, 2.24) is 10.2 Å². The monoisotopic (exact) mass is 278 g/mol. The minimum absolute atomic E-state index is 0.518. The smallest absolute Gasteiger partial charge is 0.0406 e. The highest BCUT2D eigenvalue weighted by Gasteiger charge is 2.32. The summed E-state index contributed by atoms with van der Waals surface area (Å²) in [4.78, 5) is 2.48. The Morgan fingerprint density at radius 2 is 1.89 bits per heavy atom. The van der Waals surface area contributed by atoms with E-state index in [-0.39, 0.29) is 0 Å². The second-order valence-electron chi connectivity index (χ2n) is 6.03. The van der Waals surface area contributed by atoms with Gasteiger partial charge >= 0.3 is 0 Å². The lowest BCUT2D eigenvalue weighted by molar-refractivity contribution is 0.310. The van der Waals surface area contributed by atoms with Gasteiger partial charge in [-0.2, -0.15) is 0 Å². The fourth-order valence-corrected chi connectivity index (χ4v) is 2.88. The topological polar surface area (TPSA) is 15.3 Å². The molecule has 0 aliphatic heterocycles. The van der Waals surface area contributed by atoms with Crippen molar-refractivity contribution >= 4 is 11.6 Å². The second kappa shape index (κ2) is 5.82. The van der Waals surface area contributed by atoms with Gasteiger partial charge in [-0.05, 0) is 56.3 Å². The Morgan fingerprint density at radius 1 is 1.21 bits per heavy atom. The van der Waals surface area contributed by atoms with Crippen molar-refractivity contribution in [3.8, 4) is 0 Å². The van der Waals surface area contributed by atoms with Crippen LogP contribution in [0.4, 0.5) is 0 Å². The maximum Gasteiger partial charge on any atom is 0.0406 e. The van der Waals surface area contributed by atoms with Gasteiger partial charge in [-0.25, -0.2) is 0 Å². The highest BCUT2D eigenvalue weighted by atomic mass is 35.5. The third kappa shape index (κ3) is 3.71. The van der Waals surface area contributed by atoms with Gasteiger partial charge in [0.2, 0.25) is 0 Å². The van der Waals surface area contributed by atoms with Crippen molar-refractivity contribution in [2.45, 2.75) is 37.8 Å². The molecular formula is C16H23ClN2. The minimum atomic E-state index is 0.518. The summed E-state index contributed by atoms with van der Waals surface area (Å²) < 4.78 is 0. The molecule has 19 heavy (non-hydrogen) atoms. The molecule has 2 aliphatic rings. The highest BCUT2D eigenvalue weighted by Crippen LogP contribution is 2.41. The highest BCUT2D eigenvalue weighted by molar-refractivity contribution is 6.30. The number of rotatable bonds is 7. The quantitative estimate of drug-likeness (QED) is 0.822. The van der Waals surface area contributed by atoms with E-state index in [1.54, 1.807) is 0 Å². The SMILES string of the molecule is CN(CCNC(c1ccc(Cl)cc1)C1CC1)C1CC1. The van der Waals surface area contributed by atoms with E-state index in [1.165, 1.54) is 31.2 Å². The molecule has 2 aliphatic carbocycles. The Bertz CT molecular complexity index is 409. The lowest BCUT2D eigenvalue weighted by Crippen LogP contribution is -2.33. The molecule has 2 saturated carbocycles. The Labute approximate surface area is 121 Å². The summed E-state index contributed by atoms with van der Waals surface area (Å²) in [6.45, 7) is 2.23. The third-order valence-electron chi connectivity index (χ3n) is 4.32. The second-order valence-corrected chi connectivity index (χ2v) is 6.47. The zero-order valence-electron chi connectivity index (χ0n) is 11.6. The molecule has 2 nitrogen and oxygen atoms in total. The van der Waals surface area contributed by atoms with E-state index in [1.807, 2.05) is 12.1 Å². The predicted molar refractivity (Wildman–Crippen MR) is 80.6 cm³/mol. The average Bonchev–Trinajstić information content (AvgIpc) is 3.29. The fraction of sp³-hybridized carbons (Fsp3) is 0.625. The molecule has 0 radical (unpaired) electrons. The molecule has 0 bridgehead atoms. The van der Waals surface area contributed by atoms with Gasteiger partial charge in [0.1, 0.15) is 0 Å². The van der Waals surface area contributed by atoms with Gasteiger partial charge in [0.25, 0.3) is 0 Å². The molecule has 1 aromatic rings. The van der Waals surface area contributed by atoms with Crippen molar-refractivity contribution < 1.29 is 0 Å². The molecule has 0 heterocycles. The van der Waals surface area contributed by atoms with E-state index < -0.39 is 0 Å². The molecule has 0 amide bonds. The maximum atomic E-state index is 5.97. The zero-order chi connectivity index (χ0) is 13.2. The summed E-state index contributed by atoms with van der Waals surface area (Å²) in [5.74, 6) is 0.826. The first-order valence-electron chi connectivity index (χ1n) is 7.43. The maximum absolute atomic E-state index is 5.97. The molecule has 3 rings (SSSR count). The Hall–Kier alpha value is -0.570. The molecule has 1 N–H and O–H groups in total. The van der Waals surface area contributed by atoms with Crippen LogP contribution in [0.15, 0.2) is 24.3 Å². The van der Waals surface area contributed by atoms with Crippen LogP contribution in [0.2, 0.25) is 5.02 Å². The molecule has 104 valence electrons. The predicted octanol–water partition coefficient (Wildman–Crippen LogP) is 3.47. The Morgan fingerprint density at radius 3 is 2.47 bits per heavy atom. The van der Waals surface area contributed by atoms with E-state index in [0.717, 1.165) is 30.1 Å². The van der Waals surface area contributed by atoms with Crippen LogP contribution in [0.25, 0.3) is 0 Å². The summed E-state index contributed by atoms with van der Waals surface area (Å²) in [5, 5.41) is 4.57. The number of benzene rings is 1. The van der Waals surface area contributed by atoms with Crippen molar-refractivity contribution in [3.05, 3.63) is 34.9 Å². The molecule has 1 atom stereocenters. The van der Waals surface area contributed by atoms with Crippen molar-refractivity contribution in [3.63, 3.8) is 0 Å². The first kappa shape index (κ1) is 13.4. The van der Waals surface area contributed by atoms with Crippen LogP contribution in [0, 0.1) is 5.92 Å². The summed E-state index contributed by atoms with van der Waals surface area (Å²) in [6.07, 6.45) is 5.50. The molecule has 1 unspecified atom stereocenters. The van der Waals surface area contributed by atoms with Gasteiger partial charge < -0.3 is 10.2 Å². The summed E-state index contributed by atoms with van der Waals surface area (Å²) in [5.41, 5.74) is 1.39. The van der Waals surface area contributed by atoms with E-state index >= 15 is 0 Å². The molecular weight excluding hydrogens is 256 g/mol. The van der Waals surface area contributed by atoms with Crippen LogP contribution >= 0.6 is 11.6 Å². The Kier molecular flexibility index (Phi) is 4.11. The standard InChI is InChI=1S/C16H23ClN2/c1-19(15-8-9-15)11-10-18-16(12-2-3-12)13-4-6-14(17)7-5-13/h4-7,12,15-16,18H,2-3,8-11H2,1H3. The third-order valence-corrected chi connectivity index (χ3v) is 4.57. The normalized spacial score (nSPS) is 20.8.